The van der Waals surface area contributed by atoms with Gasteiger partial charge in [-0.3, -0.25) is 0 Å². The van der Waals surface area contributed by atoms with Crippen LogP contribution < -0.4 is 0 Å². The van der Waals surface area contributed by atoms with Crippen molar-refractivity contribution in [3.63, 3.8) is 0 Å². The normalized spacial score (nSPS) is 12.7. The summed E-state index contributed by atoms with van der Waals surface area (Å²) < 4.78 is 0. The van der Waals surface area contributed by atoms with Gasteiger partial charge in [0.05, 0.1) is 0 Å². The Balaban J connectivity index is 1.04. The molecule has 0 N–H and O–H groups in total. The van der Waals surface area contributed by atoms with Gasteiger partial charge in [-0.2, -0.15) is 0 Å². The molecule has 1 aliphatic carbocycles. The molecule has 68 heavy (non-hydrogen) atoms. The summed E-state index contributed by atoms with van der Waals surface area (Å²) in [6.07, 6.45) is 0. The van der Waals surface area contributed by atoms with E-state index in [-0.39, 0.29) is 0 Å². The molecule has 16 aromatic rings. The Hall–Kier alpha value is -8.84. The monoisotopic (exact) mass is 852 g/mol. The molecule has 0 bridgehead atoms. The van der Waals surface area contributed by atoms with Gasteiger partial charge in [0, 0.05) is 0 Å². The van der Waals surface area contributed by atoms with E-state index in [0.29, 0.717) is 0 Å². The number of fused-ring (bicyclic) bond motifs is 13. The van der Waals surface area contributed by atoms with E-state index in [0.717, 1.165) is 0 Å². The van der Waals surface area contributed by atoms with Crippen LogP contribution in [-0.2, 0) is 0 Å². The third-order valence-corrected chi connectivity index (χ3v) is 16.2. The predicted octanol–water partition coefficient (Wildman–Crippen LogP) is 19.3. The highest BCUT2D eigenvalue weighted by atomic mass is 14.3. The van der Waals surface area contributed by atoms with Crippen LogP contribution >= 0.6 is 0 Å². The number of hydrogen-bond acceptors (Lipinski definition) is 0. The van der Waals surface area contributed by atoms with E-state index in [9.17, 15) is 0 Å². The molecule has 0 saturated carbocycles. The molecule has 0 spiro atoms. The fourth-order valence-corrected chi connectivity index (χ4v) is 13.5. The van der Waals surface area contributed by atoms with Crippen LogP contribution in [0.5, 0.6) is 0 Å². The van der Waals surface area contributed by atoms with Crippen LogP contribution in [0.2, 0.25) is 0 Å². The van der Waals surface area contributed by atoms with Crippen molar-refractivity contribution < 1.29 is 0 Å². The van der Waals surface area contributed by atoms with Crippen molar-refractivity contribution in [1.29, 1.82) is 0 Å². The standard InChI is InChI=1S/C68H36/c1-4-13-37(14-5-1)42-23-24-49-57-36-59-58(35-56(57)44-22-12-21-43(42)62(44)49)60(38-15-6-2-7-16-38)67-52-31-29-47-45-25-27-50-54-33-40-19-10-11-20-41(40)34-55(54)51-28-26-46(63(45)65(50)51)48-30-32-53(66(52)64(47)48)68(67)61(59)39-17-8-3-9-18-39/h1-36H. The SMILES string of the molecule is c1ccc(-c2ccc3c4cc5c(-c6ccccc6)c6c7ccc8c9ccc%10c%11c(ccc(c%12ccc(c6c(-c6ccccc6)c5cc4c4cccc2c43)c7c%128)c%119)-c2cc3ccccc3cc2-%10)cc1. The third kappa shape index (κ3) is 4.28. The summed E-state index contributed by atoms with van der Waals surface area (Å²) >= 11 is 0. The molecular weight excluding hydrogens is 817 g/mol. The Morgan fingerprint density at radius 2 is 0.544 bits per heavy atom. The summed E-state index contributed by atoms with van der Waals surface area (Å²) in [6, 6.07) is 83.1. The lowest BCUT2D eigenvalue weighted by Crippen LogP contribution is -1.89. The summed E-state index contributed by atoms with van der Waals surface area (Å²) in [5, 5.41) is 29.2. The van der Waals surface area contributed by atoms with Gasteiger partial charge in [0.15, 0.2) is 0 Å². The summed E-state index contributed by atoms with van der Waals surface area (Å²) in [5.74, 6) is 0. The molecule has 16 aromatic carbocycles. The number of benzene rings is 14. The van der Waals surface area contributed by atoms with Gasteiger partial charge in [-0.1, -0.05) is 194 Å². The van der Waals surface area contributed by atoms with E-state index in [1.165, 1.54) is 174 Å². The predicted molar refractivity (Wildman–Crippen MR) is 293 cm³/mol. The molecule has 0 saturated heterocycles. The van der Waals surface area contributed by atoms with Gasteiger partial charge >= 0.3 is 0 Å². The van der Waals surface area contributed by atoms with Crippen molar-refractivity contribution in [2.45, 2.75) is 0 Å². The van der Waals surface area contributed by atoms with Crippen LogP contribution in [0.25, 0.3) is 174 Å². The van der Waals surface area contributed by atoms with Gasteiger partial charge in [0.2, 0.25) is 0 Å². The lowest BCUT2D eigenvalue weighted by molar-refractivity contribution is 1.67. The minimum atomic E-state index is 1.24. The number of hydrogen-bond donors (Lipinski definition) is 0. The first kappa shape index (κ1) is 35.4. The second-order valence-corrected chi connectivity index (χ2v) is 19.3. The van der Waals surface area contributed by atoms with Crippen LogP contribution in [0.4, 0.5) is 0 Å². The Morgan fingerprint density at radius 1 is 0.162 bits per heavy atom. The molecular formula is C68H36. The zero-order valence-electron chi connectivity index (χ0n) is 36.8. The highest BCUT2D eigenvalue weighted by Gasteiger charge is 2.29. The molecule has 0 aliphatic heterocycles. The summed E-state index contributed by atoms with van der Waals surface area (Å²) in [7, 11) is 0. The fourth-order valence-electron chi connectivity index (χ4n) is 13.5. The van der Waals surface area contributed by atoms with Crippen molar-refractivity contribution >= 4 is 118 Å². The topological polar surface area (TPSA) is 0 Å². The largest absolute Gasteiger partial charge is 0.0622 e. The van der Waals surface area contributed by atoms with Gasteiger partial charge in [0.1, 0.15) is 0 Å². The average molecular weight is 853 g/mol. The van der Waals surface area contributed by atoms with Crippen LogP contribution in [0.3, 0.4) is 0 Å². The van der Waals surface area contributed by atoms with Crippen molar-refractivity contribution in [3.8, 4) is 55.6 Å². The molecule has 0 atom stereocenters. The summed E-state index contributed by atoms with van der Waals surface area (Å²) in [4.78, 5) is 0. The molecule has 0 amide bonds. The molecule has 0 heterocycles. The van der Waals surface area contributed by atoms with E-state index in [2.05, 4.69) is 218 Å². The van der Waals surface area contributed by atoms with Gasteiger partial charge in [-0.25, -0.2) is 0 Å². The molecule has 0 radical (unpaired) electrons. The average Bonchev–Trinajstić information content (AvgIpc) is 4.02. The third-order valence-electron chi connectivity index (χ3n) is 16.2. The molecule has 0 unspecified atom stereocenters. The maximum absolute atomic E-state index is 2.55. The van der Waals surface area contributed by atoms with E-state index in [1.54, 1.807) is 0 Å². The van der Waals surface area contributed by atoms with E-state index < -0.39 is 0 Å². The fraction of sp³-hybridized carbons (Fsp3) is 0. The lowest BCUT2D eigenvalue weighted by Gasteiger charge is -2.17. The highest BCUT2D eigenvalue weighted by Crippen LogP contribution is 2.57. The van der Waals surface area contributed by atoms with Gasteiger partial charge in [-0.15, -0.1) is 0 Å². The minimum Gasteiger partial charge on any atom is -0.0622 e. The zero-order chi connectivity index (χ0) is 43.9. The Kier molecular flexibility index (Phi) is 6.53. The minimum absolute atomic E-state index is 1.24. The first-order valence-corrected chi connectivity index (χ1v) is 23.9. The lowest BCUT2D eigenvalue weighted by atomic mass is 9.85. The summed E-state index contributed by atoms with van der Waals surface area (Å²) in [6.45, 7) is 0. The second kappa shape index (κ2) is 12.5. The maximum atomic E-state index is 2.55. The smallest absolute Gasteiger partial charge is 0.000740 e. The molecule has 0 fully saturated rings. The molecule has 17 rings (SSSR count). The maximum Gasteiger partial charge on any atom is -0.000740 e. The Bertz CT molecular complexity index is 4610. The second-order valence-electron chi connectivity index (χ2n) is 19.3. The summed E-state index contributed by atoms with van der Waals surface area (Å²) in [5.41, 5.74) is 13.0. The van der Waals surface area contributed by atoms with Crippen molar-refractivity contribution in [2.24, 2.45) is 0 Å². The van der Waals surface area contributed by atoms with Crippen molar-refractivity contribution in [2.75, 3.05) is 0 Å². The first-order valence-electron chi connectivity index (χ1n) is 23.9. The van der Waals surface area contributed by atoms with E-state index in [4.69, 9.17) is 0 Å². The first-order chi connectivity index (χ1) is 33.8. The Labute approximate surface area is 390 Å². The molecule has 0 aromatic heterocycles. The van der Waals surface area contributed by atoms with Crippen molar-refractivity contribution in [3.05, 3.63) is 218 Å². The number of rotatable bonds is 3. The van der Waals surface area contributed by atoms with Crippen molar-refractivity contribution in [1.82, 2.24) is 0 Å². The molecule has 1 aliphatic rings. The van der Waals surface area contributed by atoms with E-state index in [1.807, 2.05) is 0 Å². The van der Waals surface area contributed by atoms with Gasteiger partial charge in [0.25, 0.3) is 0 Å². The van der Waals surface area contributed by atoms with Crippen LogP contribution in [-0.4, -0.2) is 0 Å². The van der Waals surface area contributed by atoms with Gasteiger partial charge in [-0.05, 0) is 198 Å². The van der Waals surface area contributed by atoms with Gasteiger partial charge < -0.3 is 0 Å². The van der Waals surface area contributed by atoms with Crippen LogP contribution in [0.15, 0.2) is 218 Å². The molecule has 0 heteroatoms. The highest BCUT2D eigenvalue weighted by molar-refractivity contribution is 6.47. The zero-order valence-corrected chi connectivity index (χ0v) is 36.8. The van der Waals surface area contributed by atoms with E-state index >= 15 is 0 Å². The molecule has 308 valence electrons. The quantitative estimate of drug-likeness (QED) is 0.123. The molecule has 0 nitrogen and oxygen atoms in total. The Morgan fingerprint density at radius 3 is 1.07 bits per heavy atom. The van der Waals surface area contributed by atoms with Crippen LogP contribution in [0, 0.1) is 0 Å². The van der Waals surface area contributed by atoms with Crippen LogP contribution in [0.1, 0.15) is 0 Å².